The number of carbonyl (C=O) groups is 2. The number of ether oxygens (including phenoxy) is 1. The molecule has 0 bridgehead atoms. The molecule has 0 aliphatic carbocycles. The van der Waals surface area contributed by atoms with Crippen molar-refractivity contribution >= 4 is 11.9 Å². The van der Waals surface area contributed by atoms with Crippen LogP contribution < -0.4 is 4.74 Å². The first kappa shape index (κ1) is 18.0. The Labute approximate surface area is 142 Å². The number of rotatable bonds is 7. The summed E-state index contributed by atoms with van der Waals surface area (Å²) in [5.74, 6) is -0.101. The van der Waals surface area contributed by atoms with E-state index in [1.54, 1.807) is 19.3 Å². The average molecular weight is 331 g/mol. The van der Waals surface area contributed by atoms with Crippen LogP contribution in [0.25, 0.3) is 0 Å². The topological polar surface area (TPSA) is 66.8 Å². The zero-order valence-electron chi connectivity index (χ0n) is 14.2. The number of amides is 1. The highest BCUT2D eigenvalue weighted by atomic mass is 16.5. The number of nitrogens with zero attached hydrogens (tertiary/aromatic N) is 1. The van der Waals surface area contributed by atoms with Crippen molar-refractivity contribution in [2.24, 2.45) is 0 Å². The van der Waals surface area contributed by atoms with Gasteiger partial charge < -0.3 is 14.7 Å². The summed E-state index contributed by atoms with van der Waals surface area (Å²) < 4.78 is 5.33. The standard InChI is InChI=1S/C19H25NO4/c1-3-6-14-13-15(8-10-17(14)24-2)19(23)20-12-5-4-7-16(20)9-11-18(21)22/h3,8,10,13,16H,1,4-7,9,11-12H2,2H3,(H,21,22)/t16-/m0/s1. The fourth-order valence-corrected chi connectivity index (χ4v) is 3.25. The van der Waals surface area contributed by atoms with Crippen molar-refractivity contribution in [3.63, 3.8) is 0 Å². The average Bonchev–Trinajstić information content (AvgIpc) is 2.59. The first-order chi connectivity index (χ1) is 11.6. The maximum atomic E-state index is 12.9. The van der Waals surface area contributed by atoms with Crippen molar-refractivity contribution in [2.75, 3.05) is 13.7 Å². The van der Waals surface area contributed by atoms with Gasteiger partial charge >= 0.3 is 5.97 Å². The van der Waals surface area contributed by atoms with Crippen molar-refractivity contribution in [1.29, 1.82) is 0 Å². The Morgan fingerprint density at radius 2 is 2.21 bits per heavy atom. The minimum absolute atomic E-state index is 0.00676. The van der Waals surface area contributed by atoms with E-state index in [1.807, 2.05) is 17.0 Å². The SMILES string of the molecule is C=CCc1cc(C(=O)N2CCCC[C@H]2CCC(=O)O)ccc1OC. The highest BCUT2D eigenvalue weighted by Crippen LogP contribution is 2.26. The van der Waals surface area contributed by atoms with Crippen LogP contribution in [0.2, 0.25) is 0 Å². The molecule has 0 saturated carbocycles. The molecule has 0 unspecified atom stereocenters. The van der Waals surface area contributed by atoms with Crippen molar-refractivity contribution in [2.45, 2.75) is 44.6 Å². The zero-order valence-corrected chi connectivity index (χ0v) is 14.2. The van der Waals surface area contributed by atoms with Gasteiger partial charge in [0.1, 0.15) is 5.75 Å². The summed E-state index contributed by atoms with van der Waals surface area (Å²) in [6.07, 6.45) is 5.89. The van der Waals surface area contributed by atoms with E-state index >= 15 is 0 Å². The summed E-state index contributed by atoms with van der Waals surface area (Å²) in [7, 11) is 1.61. The number of allylic oxidation sites excluding steroid dienone is 1. The number of benzene rings is 1. The third-order valence-electron chi connectivity index (χ3n) is 4.47. The lowest BCUT2D eigenvalue weighted by atomic mass is 9.96. The summed E-state index contributed by atoms with van der Waals surface area (Å²) in [4.78, 5) is 25.6. The van der Waals surface area contributed by atoms with Gasteiger partial charge in [-0.3, -0.25) is 9.59 Å². The van der Waals surface area contributed by atoms with Gasteiger partial charge in [0.15, 0.2) is 0 Å². The normalized spacial score (nSPS) is 17.4. The first-order valence-electron chi connectivity index (χ1n) is 8.37. The third kappa shape index (κ3) is 4.37. The number of carboxylic acid groups (broad SMARTS) is 1. The second-order valence-electron chi connectivity index (χ2n) is 6.10. The van der Waals surface area contributed by atoms with E-state index in [4.69, 9.17) is 9.84 Å². The Morgan fingerprint density at radius 3 is 2.88 bits per heavy atom. The Bertz CT molecular complexity index is 611. The second kappa shape index (κ2) is 8.52. The third-order valence-corrected chi connectivity index (χ3v) is 4.47. The fraction of sp³-hybridized carbons (Fsp3) is 0.474. The van der Waals surface area contributed by atoms with E-state index in [0.717, 1.165) is 30.6 Å². The van der Waals surface area contributed by atoms with Crippen LogP contribution in [0.3, 0.4) is 0 Å². The molecular weight excluding hydrogens is 306 g/mol. The molecule has 1 aromatic rings. The summed E-state index contributed by atoms with van der Waals surface area (Å²) in [6.45, 7) is 4.43. The van der Waals surface area contributed by atoms with Crippen molar-refractivity contribution in [3.05, 3.63) is 42.0 Å². The minimum Gasteiger partial charge on any atom is -0.496 e. The van der Waals surface area contributed by atoms with Crippen LogP contribution in [-0.4, -0.2) is 41.6 Å². The lowest BCUT2D eigenvalue weighted by molar-refractivity contribution is -0.137. The van der Waals surface area contributed by atoms with Crippen LogP contribution in [0.4, 0.5) is 0 Å². The van der Waals surface area contributed by atoms with Crippen LogP contribution in [0, 0.1) is 0 Å². The minimum atomic E-state index is -0.814. The van der Waals surface area contributed by atoms with Gasteiger partial charge in [0.05, 0.1) is 7.11 Å². The molecular formula is C19H25NO4. The summed E-state index contributed by atoms with van der Waals surface area (Å²) in [5.41, 5.74) is 1.55. The summed E-state index contributed by atoms with van der Waals surface area (Å²) >= 11 is 0. The molecule has 1 N–H and O–H groups in total. The van der Waals surface area contributed by atoms with E-state index < -0.39 is 5.97 Å². The predicted molar refractivity (Wildman–Crippen MR) is 92.4 cm³/mol. The molecule has 1 aliphatic rings. The van der Waals surface area contributed by atoms with Crippen molar-refractivity contribution < 1.29 is 19.4 Å². The second-order valence-corrected chi connectivity index (χ2v) is 6.10. The van der Waals surface area contributed by atoms with Crippen LogP contribution in [0.15, 0.2) is 30.9 Å². The van der Waals surface area contributed by atoms with Gasteiger partial charge in [-0.05, 0) is 55.9 Å². The monoisotopic (exact) mass is 331 g/mol. The molecule has 1 aromatic carbocycles. The van der Waals surface area contributed by atoms with Gasteiger partial charge in [-0.2, -0.15) is 0 Å². The lowest BCUT2D eigenvalue weighted by Crippen LogP contribution is -2.44. The lowest BCUT2D eigenvalue weighted by Gasteiger charge is -2.36. The van der Waals surface area contributed by atoms with E-state index in [-0.39, 0.29) is 18.4 Å². The van der Waals surface area contributed by atoms with Crippen LogP contribution in [0.1, 0.15) is 48.0 Å². The number of carboxylic acids is 1. The quantitative estimate of drug-likeness (QED) is 0.779. The van der Waals surface area contributed by atoms with Gasteiger partial charge in [0.2, 0.25) is 0 Å². The number of aliphatic carboxylic acids is 1. The Balaban J connectivity index is 2.20. The molecule has 0 spiro atoms. The van der Waals surface area contributed by atoms with Crippen molar-refractivity contribution in [3.8, 4) is 5.75 Å². The molecule has 0 radical (unpaired) electrons. The fourth-order valence-electron chi connectivity index (χ4n) is 3.25. The molecule has 1 amide bonds. The van der Waals surface area contributed by atoms with E-state index in [9.17, 15) is 9.59 Å². The highest BCUT2D eigenvalue weighted by molar-refractivity contribution is 5.95. The molecule has 1 heterocycles. The molecule has 1 saturated heterocycles. The number of piperidine rings is 1. The number of carbonyl (C=O) groups excluding carboxylic acids is 1. The van der Waals surface area contributed by atoms with Gasteiger partial charge in [-0.25, -0.2) is 0 Å². The largest absolute Gasteiger partial charge is 0.496 e. The smallest absolute Gasteiger partial charge is 0.303 e. The van der Waals surface area contributed by atoms with E-state index in [1.165, 1.54) is 0 Å². The number of likely N-dealkylation sites (tertiary alicyclic amines) is 1. The summed E-state index contributed by atoms with van der Waals surface area (Å²) in [5, 5.41) is 8.91. The van der Waals surface area contributed by atoms with Crippen LogP contribution >= 0.6 is 0 Å². The zero-order chi connectivity index (χ0) is 17.5. The van der Waals surface area contributed by atoms with Gasteiger partial charge in [-0.1, -0.05) is 6.08 Å². The Morgan fingerprint density at radius 1 is 1.42 bits per heavy atom. The van der Waals surface area contributed by atoms with E-state index in [2.05, 4.69) is 6.58 Å². The molecule has 130 valence electrons. The van der Waals surface area contributed by atoms with Crippen molar-refractivity contribution in [1.82, 2.24) is 4.90 Å². The molecule has 24 heavy (non-hydrogen) atoms. The van der Waals surface area contributed by atoms with Gasteiger partial charge in [0.25, 0.3) is 5.91 Å². The molecule has 0 aromatic heterocycles. The van der Waals surface area contributed by atoms with E-state index in [0.29, 0.717) is 24.9 Å². The van der Waals surface area contributed by atoms with Gasteiger partial charge in [-0.15, -0.1) is 6.58 Å². The first-order valence-corrected chi connectivity index (χ1v) is 8.37. The Kier molecular flexibility index (Phi) is 6.41. The molecule has 1 atom stereocenters. The molecule has 5 heteroatoms. The predicted octanol–water partition coefficient (Wildman–Crippen LogP) is 3.28. The molecule has 1 aliphatic heterocycles. The molecule has 5 nitrogen and oxygen atoms in total. The molecule has 1 fully saturated rings. The van der Waals surface area contributed by atoms with Gasteiger partial charge in [0, 0.05) is 24.6 Å². The van der Waals surface area contributed by atoms with Crippen LogP contribution in [0.5, 0.6) is 5.75 Å². The Hall–Kier alpha value is -2.30. The number of hydrogen-bond acceptors (Lipinski definition) is 3. The molecule has 2 rings (SSSR count). The number of hydrogen-bond donors (Lipinski definition) is 1. The highest BCUT2D eigenvalue weighted by Gasteiger charge is 2.28. The van der Waals surface area contributed by atoms with Crippen LogP contribution in [-0.2, 0) is 11.2 Å². The number of methoxy groups -OCH3 is 1. The maximum Gasteiger partial charge on any atom is 0.303 e. The maximum absolute atomic E-state index is 12.9. The summed E-state index contributed by atoms with van der Waals surface area (Å²) in [6, 6.07) is 5.44.